The number of likely N-dealkylation sites (tertiary alicyclic amines) is 1. The van der Waals surface area contributed by atoms with Gasteiger partial charge in [0.05, 0.1) is 30.1 Å². The minimum atomic E-state index is -1.17. The first-order chi connectivity index (χ1) is 20.5. The summed E-state index contributed by atoms with van der Waals surface area (Å²) in [4.78, 5) is 49.1. The normalized spacial score (nSPS) is 29.9. The maximum Gasteiger partial charge on any atom is 0.248 e. The predicted molar refractivity (Wildman–Crippen MR) is 169 cm³/mol. The van der Waals surface area contributed by atoms with Crippen molar-refractivity contribution >= 4 is 23.4 Å². The Morgan fingerprint density at radius 2 is 1.81 bits per heavy atom. The quantitative estimate of drug-likeness (QED) is 0.233. The standard InChI is InChI=1S/C35H51N3O5/c1-8-11-15-20-36(18-9-2)33(42)30-35-22-25(6)34(7,43-35)28(29(35)32(41)38(30)27(23-39)21-24(4)5)31(40)37(19-10-3)26-16-13-12-14-17-26/h9-10,12-14,16-17,24-25,27-30,39H,2-3,8,11,15,18-23H2,1,4-7H3/t25?,27-,28-,29+,30?,34+,35?/m1/s1. The summed E-state index contributed by atoms with van der Waals surface area (Å²) in [6, 6.07) is 7.90. The van der Waals surface area contributed by atoms with Gasteiger partial charge in [0.2, 0.25) is 17.7 Å². The Hall–Kier alpha value is -2.97. The maximum atomic E-state index is 14.7. The van der Waals surface area contributed by atoms with E-state index in [2.05, 4.69) is 27.0 Å². The molecule has 43 heavy (non-hydrogen) atoms. The summed E-state index contributed by atoms with van der Waals surface area (Å²) in [5.74, 6) is -2.20. The summed E-state index contributed by atoms with van der Waals surface area (Å²) in [5.41, 5.74) is -1.39. The van der Waals surface area contributed by atoms with Crippen molar-refractivity contribution in [2.75, 3.05) is 31.1 Å². The van der Waals surface area contributed by atoms with Crippen molar-refractivity contribution in [2.45, 2.75) is 90.0 Å². The molecule has 3 aliphatic heterocycles. The van der Waals surface area contributed by atoms with Crippen LogP contribution in [0, 0.1) is 23.7 Å². The van der Waals surface area contributed by atoms with Crippen molar-refractivity contribution in [2.24, 2.45) is 23.7 Å². The highest BCUT2D eigenvalue weighted by molar-refractivity contribution is 6.03. The molecule has 3 unspecified atom stereocenters. The number of aliphatic hydroxyl groups is 1. The van der Waals surface area contributed by atoms with Gasteiger partial charge in [0.1, 0.15) is 11.6 Å². The molecule has 2 bridgehead atoms. The van der Waals surface area contributed by atoms with Crippen molar-refractivity contribution in [3.63, 3.8) is 0 Å². The summed E-state index contributed by atoms with van der Waals surface area (Å²) in [6.45, 7) is 18.9. The average Bonchev–Trinajstić information content (AvgIpc) is 3.50. The number of unbranched alkanes of at least 4 members (excludes halogenated alkanes) is 2. The Bertz CT molecular complexity index is 1190. The summed E-state index contributed by atoms with van der Waals surface area (Å²) in [7, 11) is 0. The van der Waals surface area contributed by atoms with Crippen LogP contribution in [0.25, 0.3) is 0 Å². The van der Waals surface area contributed by atoms with Gasteiger partial charge in [-0.2, -0.15) is 0 Å². The highest BCUT2D eigenvalue weighted by Gasteiger charge is 2.80. The second kappa shape index (κ2) is 13.3. The van der Waals surface area contributed by atoms with Gasteiger partial charge >= 0.3 is 0 Å². The van der Waals surface area contributed by atoms with E-state index in [0.717, 1.165) is 24.9 Å². The Kier molecular flexibility index (Phi) is 10.2. The molecule has 1 N–H and O–H groups in total. The number of carbonyl (C=O) groups excluding carboxylic acids is 3. The molecule has 1 aromatic carbocycles. The minimum absolute atomic E-state index is 0.0762. The zero-order valence-electron chi connectivity index (χ0n) is 26.7. The third kappa shape index (κ3) is 5.68. The highest BCUT2D eigenvalue weighted by Crippen LogP contribution is 2.66. The molecule has 0 aliphatic carbocycles. The van der Waals surface area contributed by atoms with E-state index < -0.39 is 35.1 Å². The number of aliphatic hydroxyl groups excluding tert-OH is 1. The van der Waals surface area contributed by atoms with Gasteiger partial charge in [0, 0.05) is 25.3 Å². The average molecular weight is 594 g/mol. The first kappa shape index (κ1) is 32.9. The lowest BCUT2D eigenvalue weighted by Gasteiger charge is -2.40. The number of hydrogen-bond donors (Lipinski definition) is 1. The molecule has 3 saturated heterocycles. The summed E-state index contributed by atoms with van der Waals surface area (Å²) in [5, 5.41) is 10.6. The van der Waals surface area contributed by atoms with E-state index >= 15 is 0 Å². The Morgan fingerprint density at radius 3 is 2.40 bits per heavy atom. The number of para-hydroxylation sites is 1. The van der Waals surface area contributed by atoms with Crippen LogP contribution in [0.3, 0.4) is 0 Å². The van der Waals surface area contributed by atoms with Crippen LogP contribution >= 0.6 is 0 Å². The molecule has 3 fully saturated rings. The van der Waals surface area contributed by atoms with Crippen molar-refractivity contribution in [1.29, 1.82) is 0 Å². The molecule has 8 heteroatoms. The number of amides is 3. The van der Waals surface area contributed by atoms with Crippen LogP contribution in [-0.4, -0.2) is 82.2 Å². The van der Waals surface area contributed by atoms with Crippen LogP contribution in [0.5, 0.6) is 0 Å². The van der Waals surface area contributed by atoms with E-state index in [1.165, 1.54) is 0 Å². The third-order valence-electron chi connectivity index (χ3n) is 9.94. The van der Waals surface area contributed by atoms with Crippen LogP contribution in [0.1, 0.15) is 66.7 Å². The molecule has 4 rings (SSSR count). The predicted octanol–water partition coefficient (Wildman–Crippen LogP) is 4.83. The zero-order valence-corrected chi connectivity index (χ0v) is 26.7. The van der Waals surface area contributed by atoms with Gasteiger partial charge in [0.15, 0.2) is 0 Å². The zero-order chi connectivity index (χ0) is 31.5. The SMILES string of the molecule is C=CCN(CCCCC)C(=O)C1N([C@@H](CO)CC(C)C)C(=O)[C@@H]2[C@H](C(=O)N(CC=C)c3ccccc3)[C@@]3(C)OC12CC3C. The van der Waals surface area contributed by atoms with Crippen LogP contribution in [0.15, 0.2) is 55.6 Å². The molecular weight excluding hydrogens is 542 g/mol. The van der Waals surface area contributed by atoms with Gasteiger partial charge in [-0.05, 0) is 50.2 Å². The smallest absolute Gasteiger partial charge is 0.248 e. The monoisotopic (exact) mass is 593 g/mol. The molecule has 1 spiro atoms. The van der Waals surface area contributed by atoms with Gasteiger partial charge in [-0.1, -0.05) is 70.9 Å². The van der Waals surface area contributed by atoms with Gasteiger partial charge in [-0.3, -0.25) is 14.4 Å². The van der Waals surface area contributed by atoms with Crippen molar-refractivity contribution in [3.8, 4) is 0 Å². The molecule has 0 radical (unpaired) electrons. The van der Waals surface area contributed by atoms with E-state index in [4.69, 9.17) is 4.74 Å². The Labute approximate surface area is 257 Å². The molecule has 8 nitrogen and oxygen atoms in total. The fraction of sp³-hybridized carbons (Fsp3) is 0.629. The summed E-state index contributed by atoms with van der Waals surface area (Å²) >= 11 is 0. The summed E-state index contributed by atoms with van der Waals surface area (Å²) < 4.78 is 6.98. The number of nitrogens with zero attached hydrogens (tertiary/aromatic N) is 3. The van der Waals surface area contributed by atoms with Gasteiger partial charge in [-0.15, -0.1) is 13.2 Å². The number of ether oxygens (including phenoxy) is 1. The molecular formula is C35H51N3O5. The lowest BCUT2D eigenvalue weighted by molar-refractivity contribution is -0.155. The van der Waals surface area contributed by atoms with Gasteiger partial charge < -0.3 is 24.5 Å². The molecule has 1 aromatic rings. The fourth-order valence-corrected chi connectivity index (χ4v) is 7.95. The van der Waals surface area contributed by atoms with E-state index in [1.807, 2.05) is 51.1 Å². The molecule has 0 saturated carbocycles. The van der Waals surface area contributed by atoms with Crippen molar-refractivity contribution < 1.29 is 24.2 Å². The van der Waals surface area contributed by atoms with Crippen molar-refractivity contribution in [1.82, 2.24) is 9.80 Å². The van der Waals surface area contributed by atoms with Gasteiger partial charge in [-0.25, -0.2) is 0 Å². The molecule has 236 valence electrons. The number of hydrogen-bond acceptors (Lipinski definition) is 5. The number of carbonyl (C=O) groups is 3. The van der Waals surface area contributed by atoms with E-state index in [1.54, 1.807) is 26.9 Å². The minimum Gasteiger partial charge on any atom is -0.394 e. The van der Waals surface area contributed by atoms with E-state index in [-0.39, 0.29) is 42.7 Å². The third-order valence-corrected chi connectivity index (χ3v) is 9.94. The van der Waals surface area contributed by atoms with E-state index in [0.29, 0.717) is 25.9 Å². The van der Waals surface area contributed by atoms with Crippen LogP contribution < -0.4 is 4.90 Å². The molecule has 3 aliphatic rings. The van der Waals surface area contributed by atoms with Crippen LogP contribution in [0.4, 0.5) is 5.69 Å². The highest BCUT2D eigenvalue weighted by atomic mass is 16.5. The number of anilines is 1. The maximum absolute atomic E-state index is 14.7. The Morgan fingerprint density at radius 1 is 1.14 bits per heavy atom. The molecule has 7 atom stereocenters. The van der Waals surface area contributed by atoms with E-state index in [9.17, 15) is 19.5 Å². The molecule has 3 heterocycles. The lowest BCUT2D eigenvalue weighted by Crippen LogP contribution is -2.59. The number of fused-ring (bicyclic) bond motifs is 1. The molecule has 0 aromatic heterocycles. The lowest BCUT2D eigenvalue weighted by atomic mass is 9.62. The number of benzene rings is 1. The first-order valence-corrected chi connectivity index (χ1v) is 16.0. The Balaban J connectivity index is 1.85. The second-order valence-corrected chi connectivity index (χ2v) is 13.3. The fourth-order valence-electron chi connectivity index (χ4n) is 7.95. The van der Waals surface area contributed by atoms with Crippen LogP contribution in [0.2, 0.25) is 0 Å². The topological polar surface area (TPSA) is 90.4 Å². The first-order valence-electron chi connectivity index (χ1n) is 16.0. The second-order valence-electron chi connectivity index (χ2n) is 13.3. The van der Waals surface area contributed by atoms with Gasteiger partial charge in [0.25, 0.3) is 0 Å². The summed E-state index contributed by atoms with van der Waals surface area (Å²) in [6.07, 6.45) is 7.26. The van der Waals surface area contributed by atoms with Crippen molar-refractivity contribution in [3.05, 3.63) is 55.6 Å². The number of rotatable bonds is 15. The van der Waals surface area contributed by atoms with Crippen LogP contribution in [-0.2, 0) is 19.1 Å². The largest absolute Gasteiger partial charge is 0.394 e. The molecule has 3 amide bonds.